The Hall–Kier alpha value is -1.22. The number of aryl methyl sites for hydroxylation is 1. The predicted molar refractivity (Wildman–Crippen MR) is 56.0 cm³/mol. The molecule has 4 heteroatoms. The Morgan fingerprint density at radius 2 is 2.07 bits per heavy atom. The Balaban J connectivity index is 2.78. The number of hydrogen-bond donors (Lipinski definition) is 0. The first kappa shape index (κ1) is 10.9. The van der Waals surface area contributed by atoms with E-state index >= 15 is 0 Å². The maximum atomic E-state index is 10.8. The highest BCUT2D eigenvalue weighted by Gasteiger charge is 2.07. The number of benzene rings is 1. The Morgan fingerprint density at radius 3 is 2.64 bits per heavy atom. The van der Waals surface area contributed by atoms with Crippen molar-refractivity contribution in [3.63, 3.8) is 0 Å². The van der Waals surface area contributed by atoms with Crippen LogP contribution in [0.25, 0.3) is 0 Å². The maximum absolute atomic E-state index is 10.8. The average molecular weight is 211 g/mol. The van der Waals surface area contributed by atoms with Gasteiger partial charge in [-0.1, -0.05) is 29.8 Å². The number of hydrogen-bond acceptors (Lipinski definition) is 3. The highest BCUT2D eigenvalue weighted by atomic mass is 35.5. The fourth-order valence-corrected chi connectivity index (χ4v) is 0.913. The SMILES string of the molecule is CC(=O)C(Cl)N=Nc1ccccc1C. The van der Waals surface area contributed by atoms with Crippen molar-refractivity contribution in [2.75, 3.05) is 0 Å². The molecule has 0 saturated heterocycles. The number of nitrogens with zero attached hydrogens (tertiary/aromatic N) is 2. The minimum atomic E-state index is -0.880. The minimum Gasteiger partial charge on any atom is -0.296 e. The van der Waals surface area contributed by atoms with Crippen molar-refractivity contribution < 1.29 is 4.79 Å². The third kappa shape index (κ3) is 2.92. The molecule has 0 spiro atoms. The second-order valence-corrected chi connectivity index (χ2v) is 3.36. The molecule has 1 unspecified atom stereocenters. The first-order valence-corrected chi connectivity index (χ1v) is 4.66. The van der Waals surface area contributed by atoms with Crippen LogP contribution in [0.5, 0.6) is 0 Å². The van der Waals surface area contributed by atoms with Crippen molar-refractivity contribution in [2.24, 2.45) is 10.2 Å². The second kappa shape index (κ2) is 4.86. The standard InChI is InChI=1S/C10H11ClN2O/c1-7-5-3-4-6-9(7)12-13-10(11)8(2)14/h3-6,10H,1-2H3. The zero-order valence-corrected chi connectivity index (χ0v) is 8.82. The fourth-order valence-electron chi connectivity index (χ4n) is 0.870. The van der Waals surface area contributed by atoms with Crippen LogP contribution in [-0.4, -0.2) is 11.3 Å². The van der Waals surface area contributed by atoms with Gasteiger partial charge in [0.05, 0.1) is 5.69 Å². The molecule has 0 bridgehead atoms. The number of alkyl halides is 1. The molecule has 0 heterocycles. The topological polar surface area (TPSA) is 41.8 Å². The van der Waals surface area contributed by atoms with Crippen LogP contribution in [0.3, 0.4) is 0 Å². The van der Waals surface area contributed by atoms with E-state index in [1.54, 1.807) is 0 Å². The highest BCUT2D eigenvalue weighted by molar-refractivity contribution is 6.30. The molecule has 0 aromatic heterocycles. The van der Waals surface area contributed by atoms with Crippen molar-refractivity contribution in [3.8, 4) is 0 Å². The van der Waals surface area contributed by atoms with Crippen molar-refractivity contribution >= 4 is 23.1 Å². The number of azo groups is 1. The van der Waals surface area contributed by atoms with Crippen LogP contribution >= 0.6 is 11.6 Å². The molecule has 1 aromatic rings. The Morgan fingerprint density at radius 1 is 1.43 bits per heavy atom. The Labute approximate surface area is 87.8 Å². The van der Waals surface area contributed by atoms with Gasteiger partial charge in [0, 0.05) is 0 Å². The normalized spacial score (nSPS) is 13.1. The quantitative estimate of drug-likeness (QED) is 0.429. The predicted octanol–water partition coefficient (Wildman–Crippen LogP) is 3.23. The number of Topliss-reactive ketones (excluding diaryl/α,β-unsaturated/α-hetero) is 1. The highest BCUT2D eigenvalue weighted by Crippen LogP contribution is 2.18. The van der Waals surface area contributed by atoms with Gasteiger partial charge in [0.15, 0.2) is 5.78 Å². The molecule has 74 valence electrons. The molecule has 0 radical (unpaired) electrons. The van der Waals surface area contributed by atoms with Crippen LogP contribution in [0.2, 0.25) is 0 Å². The van der Waals surface area contributed by atoms with E-state index in [1.807, 2.05) is 31.2 Å². The third-order valence-electron chi connectivity index (χ3n) is 1.72. The fraction of sp³-hybridized carbons (Fsp3) is 0.300. The van der Waals surface area contributed by atoms with E-state index in [0.717, 1.165) is 11.3 Å². The van der Waals surface area contributed by atoms with Crippen LogP contribution in [0, 0.1) is 6.92 Å². The lowest BCUT2D eigenvalue weighted by Crippen LogP contribution is -2.05. The molecule has 1 aromatic carbocycles. The Kier molecular flexibility index (Phi) is 3.77. The summed E-state index contributed by atoms with van der Waals surface area (Å²) in [6.45, 7) is 3.31. The minimum absolute atomic E-state index is 0.205. The molecule has 1 atom stereocenters. The maximum Gasteiger partial charge on any atom is 0.202 e. The molecule has 3 nitrogen and oxygen atoms in total. The molecule has 0 N–H and O–H groups in total. The summed E-state index contributed by atoms with van der Waals surface area (Å²) in [7, 11) is 0. The van der Waals surface area contributed by atoms with Gasteiger partial charge in [-0.3, -0.25) is 4.79 Å². The molecule has 0 aliphatic heterocycles. The summed E-state index contributed by atoms with van der Waals surface area (Å²) in [5, 5.41) is 7.59. The number of carbonyl (C=O) groups is 1. The summed E-state index contributed by atoms with van der Waals surface area (Å²) in [4.78, 5) is 10.8. The smallest absolute Gasteiger partial charge is 0.202 e. The van der Waals surface area contributed by atoms with Gasteiger partial charge in [-0.05, 0) is 25.5 Å². The zero-order chi connectivity index (χ0) is 10.6. The van der Waals surface area contributed by atoms with E-state index in [9.17, 15) is 4.79 Å². The molecule has 1 rings (SSSR count). The summed E-state index contributed by atoms with van der Waals surface area (Å²) in [5.41, 5.74) is 0.859. The van der Waals surface area contributed by atoms with Crippen molar-refractivity contribution in [3.05, 3.63) is 29.8 Å². The van der Waals surface area contributed by atoms with Gasteiger partial charge >= 0.3 is 0 Å². The van der Waals surface area contributed by atoms with Gasteiger partial charge in [-0.25, -0.2) is 0 Å². The van der Waals surface area contributed by atoms with Crippen LogP contribution in [-0.2, 0) is 4.79 Å². The summed E-state index contributed by atoms with van der Waals surface area (Å²) in [5.74, 6) is -0.205. The van der Waals surface area contributed by atoms with Gasteiger partial charge in [-0.2, -0.15) is 10.2 Å². The van der Waals surface area contributed by atoms with Crippen LogP contribution in [0.15, 0.2) is 34.5 Å². The number of halogens is 1. The molecule has 0 aliphatic carbocycles. The lowest BCUT2D eigenvalue weighted by molar-refractivity contribution is -0.116. The molecular weight excluding hydrogens is 200 g/mol. The molecule has 0 aliphatic rings. The van der Waals surface area contributed by atoms with Gasteiger partial charge < -0.3 is 0 Å². The Bertz CT molecular complexity index is 363. The number of rotatable bonds is 3. The second-order valence-electron chi connectivity index (χ2n) is 2.95. The average Bonchev–Trinajstić information content (AvgIpc) is 2.16. The molecule has 0 amide bonds. The lowest BCUT2D eigenvalue weighted by Gasteiger charge is -1.98. The van der Waals surface area contributed by atoms with E-state index in [0.29, 0.717) is 0 Å². The lowest BCUT2D eigenvalue weighted by atomic mass is 10.2. The van der Waals surface area contributed by atoms with Crippen LogP contribution in [0.4, 0.5) is 5.69 Å². The van der Waals surface area contributed by atoms with Gasteiger partial charge in [0.2, 0.25) is 5.50 Å². The van der Waals surface area contributed by atoms with Crippen LogP contribution < -0.4 is 0 Å². The molecule has 0 fully saturated rings. The molecule has 0 saturated carbocycles. The summed E-state index contributed by atoms with van der Waals surface area (Å²) >= 11 is 5.61. The summed E-state index contributed by atoms with van der Waals surface area (Å²) < 4.78 is 0. The van der Waals surface area contributed by atoms with Gasteiger partial charge in [0.25, 0.3) is 0 Å². The monoisotopic (exact) mass is 210 g/mol. The first-order chi connectivity index (χ1) is 6.61. The first-order valence-electron chi connectivity index (χ1n) is 4.22. The van der Waals surface area contributed by atoms with Gasteiger partial charge in [-0.15, -0.1) is 0 Å². The van der Waals surface area contributed by atoms with Gasteiger partial charge in [0.1, 0.15) is 0 Å². The number of ketones is 1. The largest absolute Gasteiger partial charge is 0.296 e. The molecular formula is C10H11ClN2O. The molecule has 14 heavy (non-hydrogen) atoms. The number of carbonyl (C=O) groups excluding carboxylic acids is 1. The van der Waals surface area contributed by atoms with E-state index in [2.05, 4.69) is 10.2 Å². The summed E-state index contributed by atoms with van der Waals surface area (Å²) in [6.07, 6.45) is 0. The van der Waals surface area contributed by atoms with E-state index in [4.69, 9.17) is 11.6 Å². The van der Waals surface area contributed by atoms with Crippen molar-refractivity contribution in [2.45, 2.75) is 19.3 Å². The van der Waals surface area contributed by atoms with E-state index in [-0.39, 0.29) is 5.78 Å². The zero-order valence-electron chi connectivity index (χ0n) is 8.07. The van der Waals surface area contributed by atoms with E-state index in [1.165, 1.54) is 6.92 Å². The summed E-state index contributed by atoms with van der Waals surface area (Å²) in [6, 6.07) is 7.52. The van der Waals surface area contributed by atoms with E-state index < -0.39 is 5.50 Å². The van der Waals surface area contributed by atoms with Crippen molar-refractivity contribution in [1.29, 1.82) is 0 Å². The van der Waals surface area contributed by atoms with Crippen molar-refractivity contribution in [1.82, 2.24) is 0 Å². The van der Waals surface area contributed by atoms with Crippen LogP contribution in [0.1, 0.15) is 12.5 Å². The third-order valence-corrected chi connectivity index (χ3v) is 2.11.